The van der Waals surface area contributed by atoms with Crippen LogP contribution in [-0.2, 0) is 0 Å². The number of hydrogen-bond acceptors (Lipinski definition) is 5. The van der Waals surface area contributed by atoms with Gasteiger partial charge in [-0.2, -0.15) is 0 Å². The Morgan fingerprint density at radius 1 is 0.722 bits per heavy atom. The first-order chi connectivity index (χ1) is 17.5. The van der Waals surface area contributed by atoms with Crippen molar-refractivity contribution in [3.8, 4) is 11.4 Å². The zero-order valence-electron chi connectivity index (χ0n) is 19.0. The molecule has 1 aromatic heterocycles. The van der Waals surface area contributed by atoms with Crippen molar-refractivity contribution in [2.75, 3.05) is 0 Å². The van der Waals surface area contributed by atoms with Crippen LogP contribution in [0.5, 0.6) is 0 Å². The summed E-state index contributed by atoms with van der Waals surface area (Å²) in [6.07, 6.45) is 0. The van der Waals surface area contributed by atoms with Gasteiger partial charge in [-0.1, -0.05) is 54.6 Å². The van der Waals surface area contributed by atoms with Crippen molar-refractivity contribution in [2.45, 2.75) is 5.03 Å². The number of thiol groups is 1. The van der Waals surface area contributed by atoms with Gasteiger partial charge >= 0.3 is 0 Å². The first kappa shape index (κ1) is 23.7. The Kier molecular flexibility index (Phi) is 6.51. The topological polar surface area (TPSA) is 88.9 Å². The van der Waals surface area contributed by atoms with Crippen molar-refractivity contribution in [1.82, 2.24) is 9.97 Å². The van der Waals surface area contributed by atoms with Gasteiger partial charge in [0.15, 0.2) is 7.26 Å². The molecule has 0 aliphatic rings. The summed E-state index contributed by atoms with van der Waals surface area (Å²) in [5.74, 6) is 0.302. The molecule has 6 nitrogen and oxygen atoms in total. The fourth-order valence-electron chi connectivity index (χ4n) is 4.42. The molecule has 0 unspecified atom stereocenters. The lowest BCUT2D eigenvalue weighted by Crippen LogP contribution is -2.46. The van der Waals surface area contributed by atoms with Crippen LogP contribution in [-0.4, -0.2) is 14.9 Å². The fourth-order valence-corrected chi connectivity index (χ4v) is 9.31. The Morgan fingerprint density at radius 2 is 1.17 bits per heavy atom. The van der Waals surface area contributed by atoms with E-state index in [0.29, 0.717) is 21.7 Å². The smallest absolute Gasteiger partial charge is 0.296 e. The highest BCUT2D eigenvalue weighted by Gasteiger charge is 2.51. The molecule has 36 heavy (non-hydrogen) atoms. The van der Waals surface area contributed by atoms with Gasteiger partial charge in [-0.15, -0.1) is 12.6 Å². The van der Waals surface area contributed by atoms with Crippen LogP contribution < -0.4 is 26.8 Å². The zero-order valence-corrected chi connectivity index (χ0v) is 20.8. The Balaban J connectivity index is 1.82. The van der Waals surface area contributed by atoms with Crippen molar-refractivity contribution < 1.29 is 4.92 Å². The van der Waals surface area contributed by atoms with Crippen molar-refractivity contribution >= 4 is 46.8 Å². The number of nitro groups is 1. The molecular weight excluding hydrogens is 489 g/mol. The number of rotatable bonds is 6. The molecule has 1 heterocycles. The molecule has 0 spiro atoms. The van der Waals surface area contributed by atoms with Crippen LogP contribution in [0.1, 0.15) is 0 Å². The lowest BCUT2D eigenvalue weighted by molar-refractivity contribution is -0.384. The van der Waals surface area contributed by atoms with E-state index in [1.54, 1.807) is 12.1 Å². The normalized spacial score (nSPS) is 11.2. The minimum atomic E-state index is -2.69. The maximum absolute atomic E-state index is 14.0. The molecule has 8 heteroatoms. The Bertz CT molecular complexity index is 1480. The van der Waals surface area contributed by atoms with Gasteiger partial charge in [-0.3, -0.25) is 14.9 Å². The van der Waals surface area contributed by atoms with Gasteiger partial charge in [-0.05, 0) is 48.5 Å². The van der Waals surface area contributed by atoms with Crippen molar-refractivity contribution in [3.05, 3.63) is 136 Å². The monoisotopic (exact) mass is 510 g/mol. The lowest BCUT2D eigenvalue weighted by atomic mass is 10.2. The van der Waals surface area contributed by atoms with Crippen LogP contribution >= 0.6 is 19.9 Å². The van der Waals surface area contributed by atoms with Crippen LogP contribution in [0.15, 0.2) is 125 Å². The van der Waals surface area contributed by atoms with Crippen molar-refractivity contribution in [1.29, 1.82) is 0 Å². The van der Waals surface area contributed by atoms with E-state index in [1.165, 1.54) is 12.1 Å². The lowest BCUT2D eigenvalue weighted by Gasteiger charge is -2.27. The molecule has 0 aliphatic heterocycles. The number of hydrogen-bond donors (Lipinski definition) is 2. The molecule has 0 amide bonds. The molecule has 0 radical (unpaired) electrons. The second-order valence-corrected chi connectivity index (χ2v) is 11.8. The van der Waals surface area contributed by atoms with Gasteiger partial charge in [0.1, 0.15) is 26.8 Å². The zero-order chi connectivity index (χ0) is 25.1. The maximum atomic E-state index is 14.0. The van der Waals surface area contributed by atoms with Gasteiger partial charge in [-0.25, -0.2) is 4.98 Å². The predicted octanol–water partition coefficient (Wildman–Crippen LogP) is 4.25. The Morgan fingerprint density at radius 3 is 1.56 bits per heavy atom. The van der Waals surface area contributed by atoms with E-state index < -0.39 is 12.2 Å². The highest BCUT2D eigenvalue weighted by atomic mass is 32.1. The standard InChI is InChI=1S/C28H20N3O3PS/c32-27-25(28(36)30-26(29-27)20-16-18-21(19-17-20)31(33)34)35(22-10-4-1-5-11-22,23-12-6-2-7-13-23)24-14-8-3-9-15-24/h1-19H,(H-,29,30,32,36)/p+1. The molecule has 0 aliphatic carbocycles. The third-order valence-corrected chi connectivity index (χ3v) is 10.8. The predicted molar refractivity (Wildman–Crippen MR) is 149 cm³/mol. The molecule has 0 fully saturated rings. The highest BCUT2D eigenvalue weighted by molar-refractivity contribution is 8.02. The number of nitrogens with one attached hydrogen (secondary N) is 1. The Labute approximate surface area is 213 Å². The number of non-ortho nitro benzene ring substituents is 1. The van der Waals surface area contributed by atoms with Gasteiger partial charge in [0, 0.05) is 17.7 Å². The molecular formula is C28H21N3O3PS+. The van der Waals surface area contributed by atoms with Crippen LogP contribution in [0.2, 0.25) is 0 Å². The summed E-state index contributed by atoms with van der Waals surface area (Å²) in [5.41, 5.74) is 0.224. The third-order valence-electron chi connectivity index (χ3n) is 5.99. The number of nitro benzene ring substituents is 1. The van der Waals surface area contributed by atoms with Gasteiger partial charge in [0.05, 0.1) is 4.92 Å². The average Bonchev–Trinajstić information content (AvgIpc) is 2.92. The average molecular weight is 511 g/mol. The second-order valence-electron chi connectivity index (χ2n) is 8.07. The number of aromatic nitrogens is 2. The Hall–Kier alpha value is -4.06. The van der Waals surface area contributed by atoms with E-state index in [9.17, 15) is 14.9 Å². The van der Waals surface area contributed by atoms with Crippen LogP contribution in [0.25, 0.3) is 11.4 Å². The molecule has 0 bridgehead atoms. The van der Waals surface area contributed by atoms with E-state index >= 15 is 0 Å². The van der Waals surface area contributed by atoms with Gasteiger partial charge in [0.25, 0.3) is 11.2 Å². The van der Waals surface area contributed by atoms with Crippen LogP contribution in [0, 0.1) is 10.1 Å². The maximum Gasteiger partial charge on any atom is 0.296 e. The number of aromatic amines is 1. The highest BCUT2D eigenvalue weighted by Crippen LogP contribution is 2.54. The molecule has 4 aromatic carbocycles. The molecule has 1 N–H and O–H groups in total. The van der Waals surface area contributed by atoms with Gasteiger partial charge in [0.2, 0.25) is 5.30 Å². The summed E-state index contributed by atoms with van der Waals surface area (Å²) >= 11 is 4.77. The number of H-pyrrole nitrogens is 1. The minimum absolute atomic E-state index is 0.0361. The molecule has 5 aromatic rings. The van der Waals surface area contributed by atoms with Crippen LogP contribution in [0.4, 0.5) is 5.69 Å². The van der Waals surface area contributed by atoms with Crippen molar-refractivity contribution in [2.24, 2.45) is 0 Å². The molecule has 0 saturated heterocycles. The van der Waals surface area contributed by atoms with E-state index in [1.807, 2.05) is 91.0 Å². The summed E-state index contributed by atoms with van der Waals surface area (Å²) < 4.78 is 0. The molecule has 176 valence electrons. The summed E-state index contributed by atoms with van der Waals surface area (Å²) in [7, 11) is -2.69. The largest absolute Gasteiger partial charge is 0.303 e. The van der Waals surface area contributed by atoms with E-state index in [4.69, 9.17) is 12.6 Å². The number of nitrogens with zero attached hydrogens (tertiary/aromatic N) is 2. The summed E-state index contributed by atoms with van der Waals surface area (Å²) in [4.78, 5) is 32.2. The molecule has 0 atom stereocenters. The van der Waals surface area contributed by atoms with Crippen molar-refractivity contribution in [3.63, 3.8) is 0 Å². The fraction of sp³-hybridized carbons (Fsp3) is 0. The molecule has 0 saturated carbocycles. The third kappa shape index (κ3) is 4.13. The number of benzene rings is 4. The second kappa shape index (κ2) is 9.90. The molecule has 5 rings (SSSR count). The SMILES string of the molecule is O=c1[nH]c(-c2ccc([N+](=O)[O-])cc2)nc(S)c1[P+](c1ccccc1)(c1ccccc1)c1ccccc1. The van der Waals surface area contributed by atoms with E-state index in [-0.39, 0.29) is 11.2 Å². The van der Waals surface area contributed by atoms with E-state index in [0.717, 1.165) is 15.9 Å². The quantitative estimate of drug-likeness (QED) is 0.118. The summed E-state index contributed by atoms with van der Waals surface area (Å²) in [5, 5.41) is 14.9. The van der Waals surface area contributed by atoms with Crippen LogP contribution in [0.3, 0.4) is 0 Å². The van der Waals surface area contributed by atoms with E-state index in [2.05, 4.69) is 9.97 Å². The first-order valence-electron chi connectivity index (χ1n) is 11.2. The first-order valence-corrected chi connectivity index (χ1v) is 13.4. The summed E-state index contributed by atoms with van der Waals surface area (Å²) in [6.45, 7) is 0. The summed E-state index contributed by atoms with van der Waals surface area (Å²) in [6, 6.07) is 35.9. The minimum Gasteiger partial charge on any atom is -0.303 e. The van der Waals surface area contributed by atoms with Gasteiger partial charge < -0.3 is 4.98 Å².